The molecule has 0 atom stereocenters. The molecule has 0 aromatic carbocycles. The lowest BCUT2D eigenvalue weighted by Crippen LogP contribution is -2.22. The van der Waals surface area contributed by atoms with Crippen LogP contribution in [0.1, 0.15) is 19.5 Å². The van der Waals surface area contributed by atoms with Gasteiger partial charge in [0.25, 0.3) is 0 Å². The first-order valence-corrected chi connectivity index (χ1v) is 6.99. The molecule has 0 aliphatic heterocycles. The molecule has 0 spiro atoms. The SMILES string of the molecule is CC(C)NCc1c(Oc2cnn(C)c2)nc2ccccn12. The predicted octanol–water partition coefficient (Wildman–Crippen LogP) is 2.36. The number of aryl methyl sites for hydroxylation is 1. The highest BCUT2D eigenvalue weighted by atomic mass is 16.5. The molecule has 6 heteroatoms. The summed E-state index contributed by atoms with van der Waals surface area (Å²) >= 11 is 0. The molecule has 3 aromatic heterocycles. The number of hydrogen-bond acceptors (Lipinski definition) is 4. The Morgan fingerprint density at radius 1 is 1.33 bits per heavy atom. The van der Waals surface area contributed by atoms with E-state index in [4.69, 9.17) is 4.74 Å². The number of aromatic nitrogens is 4. The summed E-state index contributed by atoms with van der Waals surface area (Å²) in [6.07, 6.45) is 5.50. The van der Waals surface area contributed by atoms with Gasteiger partial charge in [0.1, 0.15) is 11.3 Å². The average molecular weight is 285 g/mol. The summed E-state index contributed by atoms with van der Waals surface area (Å²) in [4.78, 5) is 4.56. The summed E-state index contributed by atoms with van der Waals surface area (Å²) in [6, 6.07) is 6.32. The first-order valence-electron chi connectivity index (χ1n) is 6.99. The summed E-state index contributed by atoms with van der Waals surface area (Å²) in [6.45, 7) is 4.92. The quantitative estimate of drug-likeness (QED) is 0.782. The molecule has 0 saturated heterocycles. The molecule has 0 saturated carbocycles. The second kappa shape index (κ2) is 5.57. The van der Waals surface area contributed by atoms with Crippen LogP contribution in [-0.2, 0) is 13.6 Å². The highest BCUT2D eigenvalue weighted by Gasteiger charge is 2.14. The first kappa shape index (κ1) is 13.6. The molecule has 3 heterocycles. The Morgan fingerprint density at radius 3 is 2.90 bits per heavy atom. The molecule has 6 nitrogen and oxygen atoms in total. The van der Waals surface area contributed by atoms with Gasteiger partial charge in [0.2, 0.25) is 5.88 Å². The smallest absolute Gasteiger partial charge is 0.242 e. The van der Waals surface area contributed by atoms with E-state index in [0.717, 1.165) is 11.3 Å². The van der Waals surface area contributed by atoms with Crippen LogP contribution in [0.4, 0.5) is 0 Å². The molecule has 1 N–H and O–H groups in total. The van der Waals surface area contributed by atoms with Crippen molar-refractivity contribution in [2.24, 2.45) is 7.05 Å². The van der Waals surface area contributed by atoms with Crippen molar-refractivity contribution in [1.82, 2.24) is 24.5 Å². The third kappa shape index (κ3) is 2.90. The number of nitrogens with one attached hydrogen (secondary N) is 1. The standard InChI is InChI=1S/C15H19N5O/c1-11(2)16-9-13-15(21-12-8-17-19(3)10-12)18-14-6-4-5-7-20(13)14/h4-8,10-11,16H,9H2,1-3H3. The van der Waals surface area contributed by atoms with Gasteiger partial charge in [-0.3, -0.25) is 9.08 Å². The van der Waals surface area contributed by atoms with E-state index in [1.165, 1.54) is 0 Å². The van der Waals surface area contributed by atoms with Crippen LogP contribution < -0.4 is 10.1 Å². The van der Waals surface area contributed by atoms with Crippen LogP contribution in [0, 0.1) is 0 Å². The fourth-order valence-electron chi connectivity index (χ4n) is 2.13. The van der Waals surface area contributed by atoms with Crippen LogP contribution in [0.5, 0.6) is 11.6 Å². The van der Waals surface area contributed by atoms with E-state index in [9.17, 15) is 0 Å². The van der Waals surface area contributed by atoms with Gasteiger partial charge < -0.3 is 10.1 Å². The van der Waals surface area contributed by atoms with Crippen LogP contribution in [0.25, 0.3) is 5.65 Å². The average Bonchev–Trinajstić information content (AvgIpc) is 3.00. The third-order valence-corrected chi connectivity index (χ3v) is 3.17. The third-order valence-electron chi connectivity index (χ3n) is 3.17. The van der Waals surface area contributed by atoms with E-state index in [1.54, 1.807) is 10.9 Å². The zero-order valence-electron chi connectivity index (χ0n) is 12.4. The van der Waals surface area contributed by atoms with Gasteiger partial charge in [0, 0.05) is 25.8 Å². The highest BCUT2D eigenvalue weighted by Crippen LogP contribution is 2.25. The van der Waals surface area contributed by atoms with Crippen LogP contribution in [0.15, 0.2) is 36.8 Å². The van der Waals surface area contributed by atoms with E-state index < -0.39 is 0 Å². The first-order chi connectivity index (χ1) is 10.1. The maximum Gasteiger partial charge on any atom is 0.242 e. The maximum absolute atomic E-state index is 5.89. The van der Waals surface area contributed by atoms with E-state index >= 15 is 0 Å². The van der Waals surface area contributed by atoms with Gasteiger partial charge in [-0.05, 0) is 12.1 Å². The van der Waals surface area contributed by atoms with Crippen LogP contribution >= 0.6 is 0 Å². The summed E-state index contributed by atoms with van der Waals surface area (Å²) in [7, 11) is 1.86. The van der Waals surface area contributed by atoms with Gasteiger partial charge in [-0.15, -0.1) is 0 Å². The van der Waals surface area contributed by atoms with Crippen molar-refractivity contribution in [3.63, 3.8) is 0 Å². The van der Waals surface area contributed by atoms with Crippen molar-refractivity contribution in [2.75, 3.05) is 0 Å². The summed E-state index contributed by atoms with van der Waals surface area (Å²) in [5, 5.41) is 7.52. The Morgan fingerprint density at radius 2 is 2.19 bits per heavy atom. The molecule has 0 amide bonds. The van der Waals surface area contributed by atoms with E-state index in [0.29, 0.717) is 24.2 Å². The van der Waals surface area contributed by atoms with Gasteiger partial charge in [-0.2, -0.15) is 10.1 Å². The van der Waals surface area contributed by atoms with Crippen LogP contribution in [-0.4, -0.2) is 25.2 Å². The number of fused-ring (bicyclic) bond motifs is 1. The van der Waals surface area contributed by atoms with E-state index in [2.05, 4.69) is 29.2 Å². The maximum atomic E-state index is 5.89. The number of imidazole rings is 1. The number of pyridine rings is 1. The number of hydrogen-bond donors (Lipinski definition) is 1. The lowest BCUT2D eigenvalue weighted by molar-refractivity contribution is 0.452. The van der Waals surface area contributed by atoms with E-state index in [-0.39, 0.29) is 0 Å². The minimum atomic E-state index is 0.394. The normalized spacial score (nSPS) is 11.4. The lowest BCUT2D eigenvalue weighted by Gasteiger charge is -2.09. The zero-order valence-corrected chi connectivity index (χ0v) is 12.4. The van der Waals surface area contributed by atoms with Crippen molar-refractivity contribution in [3.8, 4) is 11.6 Å². The fourth-order valence-corrected chi connectivity index (χ4v) is 2.13. The Kier molecular flexibility index (Phi) is 3.62. The minimum absolute atomic E-state index is 0.394. The topological polar surface area (TPSA) is 56.4 Å². The Bertz CT molecular complexity index is 743. The van der Waals surface area contributed by atoms with Gasteiger partial charge in [0.05, 0.1) is 12.4 Å². The molecule has 0 fully saturated rings. The number of ether oxygens (including phenoxy) is 1. The molecule has 110 valence electrons. The van der Waals surface area contributed by atoms with Crippen LogP contribution in [0.2, 0.25) is 0 Å². The molecule has 0 aliphatic rings. The highest BCUT2D eigenvalue weighted by molar-refractivity contribution is 5.46. The minimum Gasteiger partial charge on any atom is -0.434 e. The van der Waals surface area contributed by atoms with E-state index in [1.807, 2.05) is 42.0 Å². The van der Waals surface area contributed by atoms with Crippen molar-refractivity contribution in [3.05, 3.63) is 42.5 Å². The summed E-state index contributed by atoms with van der Waals surface area (Å²) in [5.74, 6) is 1.30. The van der Waals surface area contributed by atoms with Gasteiger partial charge in [-0.1, -0.05) is 19.9 Å². The Hall–Kier alpha value is -2.34. The molecule has 3 rings (SSSR count). The molecule has 0 radical (unpaired) electrons. The Labute approximate surface area is 123 Å². The largest absolute Gasteiger partial charge is 0.434 e. The summed E-state index contributed by atoms with van der Waals surface area (Å²) < 4.78 is 9.64. The van der Waals surface area contributed by atoms with Crippen molar-refractivity contribution < 1.29 is 4.74 Å². The Balaban J connectivity index is 1.97. The molecule has 0 unspecified atom stereocenters. The van der Waals surface area contributed by atoms with Gasteiger partial charge in [0.15, 0.2) is 5.75 Å². The molecular formula is C15H19N5O. The van der Waals surface area contributed by atoms with Gasteiger partial charge >= 0.3 is 0 Å². The van der Waals surface area contributed by atoms with Crippen molar-refractivity contribution in [2.45, 2.75) is 26.4 Å². The number of nitrogens with zero attached hydrogens (tertiary/aromatic N) is 4. The fraction of sp³-hybridized carbons (Fsp3) is 0.333. The molecule has 0 aliphatic carbocycles. The van der Waals surface area contributed by atoms with Crippen molar-refractivity contribution >= 4 is 5.65 Å². The predicted molar refractivity (Wildman–Crippen MR) is 80.4 cm³/mol. The molecule has 0 bridgehead atoms. The summed E-state index contributed by atoms with van der Waals surface area (Å²) in [5.41, 5.74) is 1.88. The zero-order chi connectivity index (χ0) is 14.8. The second-order valence-corrected chi connectivity index (χ2v) is 5.28. The molecule has 21 heavy (non-hydrogen) atoms. The molecular weight excluding hydrogens is 266 g/mol. The monoisotopic (exact) mass is 285 g/mol. The molecule has 3 aromatic rings. The van der Waals surface area contributed by atoms with Crippen molar-refractivity contribution in [1.29, 1.82) is 0 Å². The number of rotatable bonds is 5. The van der Waals surface area contributed by atoms with Gasteiger partial charge in [-0.25, -0.2) is 0 Å². The lowest BCUT2D eigenvalue weighted by atomic mass is 10.3. The second-order valence-electron chi connectivity index (χ2n) is 5.28. The van der Waals surface area contributed by atoms with Crippen LogP contribution in [0.3, 0.4) is 0 Å².